The number of nitriles is 1. The van der Waals surface area contributed by atoms with Crippen molar-refractivity contribution in [2.75, 3.05) is 0 Å². The van der Waals surface area contributed by atoms with Crippen molar-refractivity contribution in [3.8, 4) is 17.8 Å². The first-order chi connectivity index (χ1) is 15.6. The van der Waals surface area contributed by atoms with E-state index in [-0.39, 0.29) is 17.7 Å². The summed E-state index contributed by atoms with van der Waals surface area (Å²) >= 11 is 1.50. The van der Waals surface area contributed by atoms with Gasteiger partial charge in [-0.25, -0.2) is 0 Å². The van der Waals surface area contributed by atoms with Gasteiger partial charge in [0, 0.05) is 11.7 Å². The fourth-order valence-corrected chi connectivity index (χ4v) is 4.41. The molecule has 6 nitrogen and oxygen atoms in total. The smallest absolute Gasteiger partial charge is 0.233 e. The van der Waals surface area contributed by atoms with Gasteiger partial charge < -0.3 is 15.2 Å². The molecule has 1 aromatic heterocycles. The fraction of sp³-hybridized carbons (Fsp3) is 0.240. The molecular weight excluding hydrogens is 420 g/mol. The second-order valence-corrected chi connectivity index (χ2v) is 8.73. The number of thioether (sulfide) groups is 1. The van der Waals surface area contributed by atoms with Gasteiger partial charge in [-0.2, -0.15) is 15.2 Å². The Labute approximate surface area is 192 Å². The molecule has 0 saturated carbocycles. The second-order valence-electron chi connectivity index (χ2n) is 7.79. The first kappa shape index (κ1) is 21.7. The molecule has 0 spiro atoms. The number of ether oxygens (including phenoxy) is 2. The second kappa shape index (κ2) is 9.75. The quantitative estimate of drug-likeness (QED) is 0.397. The van der Waals surface area contributed by atoms with Gasteiger partial charge in [0.1, 0.15) is 12.7 Å². The lowest BCUT2D eigenvalue weighted by atomic mass is 9.82. The number of benzene rings is 2. The Morgan fingerprint density at radius 1 is 1.06 bits per heavy atom. The third-order valence-electron chi connectivity index (χ3n) is 5.17. The van der Waals surface area contributed by atoms with E-state index in [1.54, 1.807) is 0 Å². The number of nitrogens with two attached hydrogens (primary N) is 1. The van der Waals surface area contributed by atoms with Crippen LogP contribution in [-0.2, 0) is 12.4 Å². The van der Waals surface area contributed by atoms with Crippen LogP contribution in [0.15, 0.2) is 77.3 Å². The monoisotopic (exact) mass is 444 g/mol. The molecule has 0 saturated heterocycles. The molecule has 1 aliphatic rings. The lowest BCUT2D eigenvalue weighted by Crippen LogP contribution is -2.25. The predicted octanol–water partition coefficient (Wildman–Crippen LogP) is 5.17. The van der Waals surface area contributed by atoms with Gasteiger partial charge in [0.15, 0.2) is 5.16 Å². The summed E-state index contributed by atoms with van der Waals surface area (Å²) in [5.74, 6) is 1.35. The fourth-order valence-electron chi connectivity index (χ4n) is 3.63. The molecule has 1 aliphatic heterocycles. The Morgan fingerprint density at radius 3 is 2.34 bits per heavy atom. The molecular formula is C25H24N4O2S. The Bertz CT molecular complexity index is 1160. The third-order valence-corrected chi connectivity index (χ3v) is 6.08. The summed E-state index contributed by atoms with van der Waals surface area (Å²) in [5, 5.41) is 10.3. The summed E-state index contributed by atoms with van der Waals surface area (Å²) in [7, 11) is 0. The molecule has 0 radical (unpaired) electrons. The topological polar surface area (TPSA) is 94.1 Å². The molecule has 0 fully saturated rings. The van der Waals surface area contributed by atoms with Crippen molar-refractivity contribution in [2.45, 2.75) is 37.3 Å². The Balaban J connectivity index is 1.71. The van der Waals surface area contributed by atoms with Gasteiger partial charge in [-0.15, -0.1) is 0 Å². The molecule has 1 unspecified atom stereocenters. The van der Waals surface area contributed by atoms with Gasteiger partial charge in [-0.05, 0) is 17.0 Å². The van der Waals surface area contributed by atoms with Crippen molar-refractivity contribution >= 4 is 11.8 Å². The molecule has 162 valence electrons. The van der Waals surface area contributed by atoms with Crippen molar-refractivity contribution in [2.24, 2.45) is 11.7 Å². The minimum Gasteiger partial charge on any atom is -0.472 e. The van der Waals surface area contributed by atoms with E-state index in [2.05, 4.69) is 23.2 Å². The van der Waals surface area contributed by atoms with Gasteiger partial charge in [-0.3, -0.25) is 0 Å². The normalized spacial score (nSPS) is 15.1. The molecule has 32 heavy (non-hydrogen) atoms. The summed E-state index contributed by atoms with van der Waals surface area (Å²) in [6.45, 7) is 4.41. The molecule has 1 atom stereocenters. The number of hydrogen-bond donors (Lipinski definition) is 1. The average Bonchev–Trinajstić information content (AvgIpc) is 2.81. The van der Waals surface area contributed by atoms with Crippen molar-refractivity contribution < 1.29 is 9.47 Å². The van der Waals surface area contributed by atoms with E-state index in [1.165, 1.54) is 11.8 Å². The molecule has 2 heterocycles. The first-order valence-electron chi connectivity index (χ1n) is 10.4. The van der Waals surface area contributed by atoms with Gasteiger partial charge in [0.05, 0.1) is 11.1 Å². The maximum absolute atomic E-state index is 9.72. The summed E-state index contributed by atoms with van der Waals surface area (Å²) in [4.78, 5) is 9.34. The molecule has 0 aliphatic carbocycles. The number of nitrogens with zero attached hydrogens (tertiary/aromatic N) is 3. The van der Waals surface area contributed by atoms with Crippen molar-refractivity contribution in [1.29, 1.82) is 5.26 Å². The first-order valence-corrected chi connectivity index (χ1v) is 11.4. The maximum Gasteiger partial charge on any atom is 0.233 e. The van der Waals surface area contributed by atoms with Crippen molar-refractivity contribution in [3.63, 3.8) is 0 Å². The lowest BCUT2D eigenvalue weighted by molar-refractivity contribution is 0.271. The SMILES string of the molecule is CC(C)C1C(C#N)=C(N)Oc2nc(SCc3ccccc3)nc(OCc3ccccc3)c21. The largest absolute Gasteiger partial charge is 0.472 e. The van der Waals surface area contributed by atoms with Crippen LogP contribution in [0.5, 0.6) is 11.8 Å². The Morgan fingerprint density at radius 2 is 1.72 bits per heavy atom. The van der Waals surface area contributed by atoms with Crippen molar-refractivity contribution in [1.82, 2.24) is 9.97 Å². The number of rotatable bonds is 7. The minimum absolute atomic E-state index is 0.0800. The Hall–Kier alpha value is -3.50. The summed E-state index contributed by atoms with van der Waals surface area (Å²) in [5.41, 5.74) is 9.33. The molecule has 0 amide bonds. The van der Waals surface area contributed by atoms with Crippen LogP contribution in [0, 0.1) is 17.2 Å². The molecule has 2 aromatic carbocycles. The highest BCUT2D eigenvalue weighted by molar-refractivity contribution is 7.98. The number of hydrogen-bond acceptors (Lipinski definition) is 7. The van der Waals surface area contributed by atoms with E-state index >= 15 is 0 Å². The van der Waals surface area contributed by atoms with E-state index in [0.29, 0.717) is 40.4 Å². The van der Waals surface area contributed by atoms with E-state index in [1.807, 2.05) is 62.4 Å². The van der Waals surface area contributed by atoms with Crippen LogP contribution in [0.4, 0.5) is 0 Å². The van der Waals surface area contributed by atoms with Gasteiger partial charge in [0.2, 0.25) is 17.6 Å². The minimum atomic E-state index is -0.303. The standard InChI is InChI=1S/C25H24N4O2S/c1-16(2)20-19(13-26)22(27)31-24-21(20)23(30-14-17-9-5-3-6-10-17)28-25(29-24)32-15-18-11-7-4-8-12-18/h3-12,16,20H,14-15,27H2,1-2H3. The van der Waals surface area contributed by atoms with E-state index in [0.717, 1.165) is 11.1 Å². The molecule has 4 rings (SSSR count). The van der Waals surface area contributed by atoms with Crippen LogP contribution in [0.3, 0.4) is 0 Å². The number of fused-ring (bicyclic) bond motifs is 1. The molecule has 3 aromatic rings. The van der Waals surface area contributed by atoms with E-state index in [9.17, 15) is 5.26 Å². The average molecular weight is 445 g/mol. The highest BCUT2D eigenvalue weighted by Gasteiger charge is 2.36. The predicted molar refractivity (Wildman–Crippen MR) is 124 cm³/mol. The van der Waals surface area contributed by atoms with Crippen LogP contribution >= 0.6 is 11.8 Å². The molecule has 7 heteroatoms. The van der Waals surface area contributed by atoms with E-state index in [4.69, 9.17) is 20.2 Å². The lowest BCUT2D eigenvalue weighted by Gasteiger charge is -2.29. The van der Waals surface area contributed by atoms with Crippen LogP contribution in [-0.4, -0.2) is 9.97 Å². The highest BCUT2D eigenvalue weighted by atomic mass is 32.2. The van der Waals surface area contributed by atoms with Crippen LogP contribution in [0.2, 0.25) is 0 Å². The zero-order valence-electron chi connectivity index (χ0n) is 18.0. The van der Waals surface area contributed by atoms with Crippen molar-refractivity contribution in [3.05, 3.63) is 88.8 Å². The molecule has 0 bridgehead atoms. The number of aromatic nitrogens is 2. The number of allylic oxidation sites excluding steroid dienone is 1. The van der Waals surface area contributed by atoms with Gasteiger partial charge in [0.25, 0.3) is 0 Å². The highest BCUT2D eigenvalue weighted by Crippen LogP contribution is 2.46. The van der Waals surface area contributed by atoms with Gasteiger partial charge >= 0.3 is 0 Å². The van der Waals surface area contributed by atoms with Gasteiger partial charge in [-0.1, -0.05) is 86.3 Å². The Kier molecular flexibility index (Phi) is 6.62. The van der Waals surface area contributed by atoms with E-state index < -0.39 is 0 Å². The molecule has 2 N–H and O–H groups in total. The summed E-state index contributed by atoms with van der Waals surface area (Å²) in [6.07, 6.45) is 0. The third kappa shape index (κ3) is 4.71. The van der Waals surface area contributed by atoms with Crippen LogP contribution in [0.25, 0.3) is 0 Å². The zero-order valence-corrected chi connectivity index (χ0v) is 18.8. The van der Waals surface area contributed by atoms with Crippen LogP contribution < -0.4 is 15.2 Å². The maximum atomic E-state index is 9.72. The van der Waals surface area contributed by atoms with Crippen LogP contribution in [0.1, 0.15) is 36.5 Å². The zero-order chi connectivity index (χ0) is 22.5. The summed E-state index contributed by atoms with van der Waals surface area (Å²) in [6, 6.07) is 22.2. The summed E-state index contributed by atoms with van der Waals surface area (Å²) < 4.78 is 12.0.